The van der Waals surface area contributed by atoms with Crippen LogP contribution in [0.5, 0.6) is 0 Å². The van der Waals surface area contributed by atoms with Crippen LogP contribution in [0.15, 0.2) is 29.2 Å². The van der Waals surface area contributed by atoms with E-state index in [1.165, 1.54) is 28.4 Å². The van der Waals surface area contributed by atoms with Crippen LogP contribution in [0, 0.1) is 0 Å². The summed E-state index contributed by atoms with van der Waals surface area (Å²) in [4.78, 5) is 16.1. The van der Waals surface area contributed by atoms with E-state index in [1.807, 2.05) is 19.9 Å². The number of H-pyrrole nitrogens is 1. The number of aromatic nitrogens is 1. The number of nitrogens with one attached hydrogen (secondary N) is 2. The Balaban J connectivity index is 1.75. The number of aromatic amines is 1. The van der Waals surface area contributed by atoms with Crippen molar-refractivity contribution in [1.29, 1.82) is 0 Å². The minimum atomic E-state index is -3.62. The highest BCUT2D eigenvalue weighted by Crippen LogP contribution is 2.36. The molecule has 2 N–H and O–H groups in total. The molecule has 0 fully saturated rings. The number of hydrogen-bond donors (Lipinski definition) is 2. The maximum absolute atomic E-state index is 12.8. The number of anilines is 1. The van der Waals surface area contributed by atoms with E-state index in [2.05, 4.69) is 16.4 Å². The average molecular weight is 400 g/mol. The molecule has 0 spiro atoms. The second kappa shape index (κ2) is 6.90. The van der Waals surface area contributed by atoms with E-state index < -0.39 is 10.0 Å². The molecule has 0 bridgehead atoms. The van der Waals surface area contributed by atoms with Gasteiger partial charge in [-0.05, 0) is 75.4 Å². The van der Waals surface area contributed by atoms with Crippen molar-refractivity contribution in [3.8, 4) is 0 Å². The predicted octanol–water partition coefficient (Wildman–Crippen LogP) is 3.42. The highest BCUT2D eigenvalue weighted by atomic mass is 32.2. The molecular formula is C21H25N3O3S. The lowest BCUT2D eigenvalue weighted by Crippen LogP contribution is -2.33. The van der Waals surface area contributed by atoms with E-state index in [9.17, 15) is 13.2 Å². The molecule has 2 aliphatic rings. The Morgan fingerprint density at radius 2 is 1.89 bits per heavy atom. The zero-order valence-corrected chi connectivity index (χ0v) is 17.2. The molecule has 2 aromatic rings. The number of fused-ring (bicyclic) bond motifs is 2. The minimum absolute atomic E-state index is 0.154. The molecular weight excluding hydrogens is 374 g/mol. The Morgan fingerprint density at radius 3 is 2.61 bits per heavy atom. The molecule has 0 unspecified atom stereocenters. The summed E-state index contributed by atoms with van der Waals surface area (Å²) in [5.74, 6) is -0.214. The molecule has 2 heterocycles. The normalized spacial score (nSPS) is 17.9. The lowest BCUT2D eigenvalue weighted by Gasteiger charge is -2.21. The molecule has 1 aromatic carbocycles. The Labute approximate surface area is 165 Å². The third-order valence-electron chi connectivity index (χ3n) is 5.61. The quantitative estimate of drug-likeness (QED) is 0.773. The molecule has 1 aliphatic carbocycles. The first-order valence-electron chi connectivity index (χ1n) is 9.63. The van der Waals surface area contributed by atoms with Gasteiger partial charge in [-0.1, -0.05) is 0 Å². The van der Waals surface area contributed by atoms with Gasteiger partial charge in [-0.3, -0.25) is 4.79 Å². The molecule has 148 valence electrons. The minimum Gasteiger partial charge on any atom is -0.359 e. The van der Waals surface area contributed by atoms with Crippen molar-refractivity contribution in [2.75, 3.05) is 12.4 Å². The van der Waals surface area contributed by atoms with Crippen LogP contribution in [0.2, 0.25) is 0 Å². The number of amides is 1. The molecule has 0 radical (unpaired) electrons. The van der Waals surface area contributed by atoms with E-state index in [1.54, 1.807) is 25.2 Å². The van der Waals surface area contributed by atoms with Gasteiger partial charge >= 0.3 is 0 Å². The molecule has 1 aliphatic heterocycles. The van der Waals surface area contributed by atoms with Gasteiger partial charge in [0.15, 0.2) is 0 Å². The smallest absolute Gasteiger partial charge is 0.256 e. The van der Waals surface area contributed by atoms with Crippen LogP contribution in [-0.4, -0.2) is 36.7 Å². The van der Waals surface area contributed by atoms with Crippen LogP contribution in [0.25, 0.3) is 11.6 Å². The zero-order chi connectivity index (χ0) is 20.1. The monoisotopic (exact) mass is 399 g/mol. The molecule has 0 saturated carbocycles. The topological polar surface area (TPSA) is 82.3 Å². The highest BCUT2D eigenvalue weighted by molar-refractivity contribution is 7.89. The molecule has 6 nitrogen and oxygen atoms in total. The van der Waals surface area contributed by atoms with Gasteiger partial charge in [0.1, 0.15) is 0 Å². The van der Waals surface area contributed by atoms with Gasteiger partial charge in [-0.2, -0.15) is 4.31 Å². The summed E-state index contributed by atoms with van der Waals surface area (Å²) in [5.41, 5.74) is 5.18. The van der Waals surface area contributed by atoms with E-state index in [-0.39, 0.29) is 16.8 Å². The molecule has 0 saturated heterocycles. The summed E-state index contributed by atoms with van der Waals surface area (Å²) in [7, 11) is -2.05. The zero-order valence-electron chi connectivity index (χ0n) is 16.4. The van der Waals surface area contributed by atoms with Gasteiger partial charge < -0.3 is 10.3 Å². The Kier molecular flexibility index (Phi) is 4.67. The van der Waals surface area contributed by atoms with Crippen molar-refractivity contribution in [3.05, 3.63) is 46.8 Å². The van der Waals surface area contributed by atoms with E-state index in [0.29, 0.717) is 16.8 Å². The third-order valence-corrected chi connectivity index (χ3v) is 7.64. The lowest BCUT2D eigenvalue weighted by molar-refractivity contribution is -0.110. The molecule has 1 aromatic heterocycles. The Bertz CT molecular complexity index is 1060. The fraction of sp³-hybridized carbons (Fsp3) is 0.381. The van der Waals surface area contributed by atoms with Crippen molar-refractivity contribution >= 4 is 33.3 Å². The van der Waals surface area contributed by atoms with E-state index in [0.717, 1.165) is 18.5 Å². The third kappa shape index (κ3) is 3.18. The Morgan fingerprint density at radius 1 is 1.14 bits per heavy atom. The average Bonchev–Trinajstić information content (AvgIpc) is 3.21. The first-order valence-corrected chi connectivity index (χ1v) is 11.1. The second-order valence-electron chi connectivity index (χ2n) is 7.77. The van der Waals surface area contributed by atoms with Crippen LogP contribution in [0.4, 0.5) is 5.69 Å². The van der Waals surface area contributed by atoms with Gasteiger partial charge in [0, 0.05) is 35.7 Å². The summed E-state index contributed by atoms with van der Waals surface area (Å²) < 4.78 is 27.0. The molecule has 4 rings (SSSR count). The number of benzene rings is 1. The van der Waals surface area contributed by atoms with Gasteiger partial charge in [0.05, 0.1) is 10.5 Å². The number of sulfonamides is 1. The summed E-state index contributed by atoms with van der Waals surface area (Å²) in [5, 5.41) is 2.83. The van der Waals surface area contributed by atoms with Gasteiger partial charge in [-0.15, -0.1) is 0 Å². The largest absolute Gasteiger partial charge is 0.359 e. The number of nitrogens with zero attached hydrogens (tertiary/aromatic N) is 1. The van der Waals surface area contributed by atoms with Crippen molar-refractivity contribution in [1.82, 2.24) is 9.29 Å². The summed E-state index contributed by atoms with van der Waals surface area (Å²) in [6.45, 7) is 3.66. The van der Waals surface area contributed by atoms with Crippen LogP contribution >= 0.6 is 0 Å². The predicted molar refractivity (Wildman–Crippen MR) is 110 cm³/mol. The summed E-state index contributed by atoms with van der Waals surface area (Å²) in [6, 6.07) is 6.74. The highest BCUT2D eigenvalue weighted by Gasteiger charge is 2.29. The van der Waals surface area contributed by atoms with E-state index in [4.69, 9.17) is 0 Å². The van der Waals surface area contributed by atoms with Crippen molar-refractivity contribution < 1.29 is 13.2 Å². The number of carbonyl (C=O) groups excluding carboxylic acids is 1. The fourth-order valence-electron chi connectivity index (χ4n) is 3.78. The van der Waals surface area contributed by atoms with Crippen LogP contribution in [0.1, 0.15) is 49.2 Å². The van der Waals surface area contributed by atoms with E-state index >= 15 is 0 Å². The number of hydrogen-bond acceptors (Lipinski definition) is 3. The van der Waals surface area contributed by atoms with Gasteiger partial charge in [0.2, 0.25) is 10.0 Å². The van der Waals surface area contributed by atoms with Crippen molar-refractivity contribution in [2.24, 2.45) is 0 Å². The lowest BCUT2D eigenvalue weighted by atomic mass is 9.98. The molecule has 28 heavy (non-hydrogen) atoms. The summed E-state index contributed by atoms with van der Waals surface area (Å²) >= 11 is 0. The second-order valence-corrected chi connectivity index (χ2v) is 9.77. The maximum atomic E-state index is 12.8. The fourth-order valence-corrected chi connectivity index (χ4v) is 5.17. The number of rotatable bonds is 4. The number of carbonyl (C=O) groups is 1. The Hall–Kier alpha value is -2.38. The standard InChI is InChI=1S/C21H25N3O3S/c1-13(2)24(3)28(26,27)16-8-9-20-17(12-16)18(21(25)23-20)11-15-10-14-6-4-5-7-19(14)22-15/h8-13,22H,4-7H2,1-3H3,(H,23,25)/b18-11+. The first kappa shape index (κ1) is 19.0. The molecule has 0 atom stereocenters. The van der Waals surface area contributed by atoms with Crippen LogP contribution < -0.4 is 5.32 Å². The molecule has 7 heteroatoms. The SMILES string of the molecule is CC(C)N(C)S(=O)(=O)c1ccc2c(c1)/C(=C\c1cc3c([nH]1)CCCC3)C(=O)N2. The van der Waals surface area contributed by atoms with Crippen LogP contribution in [-0.2, 0) is 27.7 Å². The maximum Gasteiger partial charge on any atom is 0.256 e. The van der Waals surface area contributed by atoms with Gasteiger partial charge in [0.25, 0.3) is 5.91 Å². The summed E-state index contributed by atoms with van der Waals surface area (Å²) in [6.07, 6.45) is 6.28. The number of aryl methyl sites for hydroxylation is 2. The van der Waals surface area contributed by atoms with Crippen LogP contribution in [0.3, 0.4) is 0 Å². The van der Waals surface area contributed by atoms with Crippen molar-refractivity contribution in [2.45, 2.75) is 50.5 Å². The van der Waals surface area contributed by atoms with Crippen molar-refractivity contribution in [3.63, 3.8) is 0 Å². The molecule has 1 amide bonds. The first-order chi connectivity index (χ1) is 13.3. The van der Waals surface area contributed by atoms with Gasteiger partial charge in [-0.25, -0.2) is 8.42 Å².